The molecule has 3 rings (SSSR count). The van der Waals surface area contributed by atoms with Gasteiger partial charge in [0.1, 0.15) is 17.1 Å². The zero-order valence-corrected chi connectivity index (χ0v) is 14.5. The topological polar surface area (TPSA) is 51.9 Å². The van der Waals surface area contributed by atoms with Crippen molar-refractivity contribution < 1.29 is 13.9 Å². The van der Waals surface area contributed by atoms with Crippen LogP contribution in [0.15, 0.2) is 21.3 Å². The summed E-state index contributed by atoms with van der Waals surface area (Å²) in [5.74, 6) is 1.42. The highest BCUT2D eigenvalue weighted by molar-refractivity contribution is 5.85. The van der Waals surface area contributed by atoms with E-state index < -0.39 is 0 Å². The number of ether oxygens (including phenoxy) is 2. The molecule has 0 N–H and O–H groups in total. The molecule has 0 aliphatic carbocycles. The van der Waals surface area contributed by atoms with Crippen molar-refractivity contribution in [3.05, 3.63) is 39.2 Å². The van der Waals surface area contributed by atoms with E-state index in [2.05, 4.69) is 4.90 Å². The van der Waals surface area contributed by atoms with Gasteiger partial charge in [-0.15, -0.1) is 12.4 Å². The third-order valence-corrected chi connectivity index (χ3v) is 4.29. The highest BCUT2D eigenvalue weighted by atomic mass is 35.5. The quantitative estimate of drug-likeness (QED) is 0.860. The van der Waals surface area contributed by atoms with E-state index in [9.17, 15) is 4.79 Å². The molecule has 0 bridgehead atoms. The van der Waals surface area contributed by atoms with Crippen molar-refractivity contribution in [2.24, 2.45) is 0 Å². The van der Waals surface area contributed by atoms with Crippen LogP contribution in [0.2, 0.25) is 0 Å². The van der Waals surface area contributed by atoms with Gasteiger partial charge in [0.2, 0.25) is 0 Å². The van der Waals surface area contributed by atoms with Gasteiger partial charge in [-0.1, -0.05) is 0 Å². The van der Waals surface area contributed by atoms with Gasteiger partial charge in [-0.25, -0.2) is 0 Å². The zero-order valence-electron chi connectivity index (χ0n) is 13.7. The fourth-order valence-corrected chi connectivity index (χ4v) is 2.82. The summed E-state index contributed by atoms with van der Waals surface area (Å²) in [5.41, 5.74) is 2.26. The van der Waals surface area contributed by atoms with Crippen LogP contribution in [0.25, 0.3) is 11.0 Å². The van der Waals surface area contributed by atoms with Gasteiger partial charge in [-0.2, -0.15) is 0 Å². The Labute approximate surface area is 141 Å². The molecule has 1 aliphatic rings. The van der Waals surface area contributed by atoms with Gasteiger partial charge in [0.05, 0.1) is 31.3 Å². The van der Waals surface area contributed by atoms with E-state index in [4.69, 9.17) is 13.9 Å². The molecule has 1 aromatic heterocycles. The van der Waals surface area contributed by atoms with Crippen molar-refractivity contribution in [1.82, 2.24) is 4.90 Å². The highest BCUT2D eigenvalue weighted by Gasteiger charge is 2.19. The van der Waals surface area contributed by atoms with E-state index in [1.807, 2.05) is 13.0 Å². The lowest BCUT2D eigenvalue weighted by Gasteiger charge is -2.27. The Kier molecular flexibility index (Phi) is 5.68. The van der Waals surface area contributed by atoms with Crippen LogP contribution in [-0.2, 0) is 11.3 Å². The minimum Gasteiger partial charge on any atom is -0.496 e. The maximum absolute atomic E-state index is 12.5. The van der Waals surface area contributed by atoms with Crippen LogP contribution >= 0.6 is 12.4 Å². The summed E-state index contributed by atoms with van der Waals surface area (Å²) in [6, 6.07) is 3.64. The second kappa shape index (κ2) is 7.34. The highest BCUT2D eigenvalue weighted by Crippen LogP contribution is 2.29. The molecule has 1 aromatic carbocycles. The Morgan fingerprint density at radius 1 is 1.22 bits per heavy atom. The van der Waals surface area contributed by atoms with Gasteiger partial charge in [0, 0.05) is 25.2 Å². The predicted octanol–water partition coefficient (Wildman–Crippen LogP) is 2.67. The summed E-state index contributed by atoms with van der Waals surface area (Å²) in [6.45, 7) is 7.52. The first-order valence-electron chi connectivity index (χ1n) is 7.52. The van der Waals surface area contributed by atoms with Gasteiger partial charge in [-0.3, -0.25) is 9.69 Å². The van der Waals surface area contributed by atoms with E-state index in [1.165, 1.54) is 0 Å². The van der Waals surface area contributed by atoms with Crippen LogP contribution in [-0.4, -0.2) is 38.3 Å². The Morgan fingerprint density at radius 3 is 2.57 bits per heavy atom. The van der Waals surface area contributed by atoms with Crippen molar-refractivity contribution >= 4 is 23.4 Å². The SMILES string of the molecule is COc1ccc2c(=O)c(C)c(C)oc2c1CN1CCOCC1.Cl. The summed E-state index contributed by atoms with van der Waals surface area (Å²) < 4.78 is 16.8. The lowest BCUT2D eigenvalue weighted by molar-refractivity contribution is 0.0339. The van der Waals surface area contributed by atoms with Gasteiger partial charge in [0.15, 0.2) is 5.43 Å². The number of morpholine rings is 1. The number of rotatable bonds is 3. The molecule has 23 heavy (non-hydrogen) atoms. The van der Waals surface area contributed by atoms with Crippen LogP contribution in [0.4, 0.5) is 0 Å². The largest absolute Gasteiger partial charge is 0.496 e. The number of fused-ring (bicyclic) bond motifs is 1. The number of methoxy groups -OCH3 is 1. The molecule has 5 nitrogen and oxygen atoms in total. The van der Waals surface area contributed by atoms with E-state index in [0.29, 0.717) is 28.8 Å². The van der Waals surface area contributed by atoms with Crippen molar-refractivity contribution in [2.75, 3.05) is 33.4 Å². The first-order valence-corrected chi connectivity index (χ1v) is 7.52. The maximum Gasteiger partial charge on any atom is 0.195 e. The number of hydrogen-bond donors (Lipinski definition) is 0. The molecule has 126 valence electrons. The molecule has 0 saturated carbocycles. The van der Waals surface area contributed by atoms with Gasteiger partial charge in [-0.05, 0) is 26.0 Å². The molecule has 0 radical (unpaired) electrons. The van der Waals surface area contributed by atoms with Crippen LogP contribution in [0.1, 0.15) is 16.9 Å². The number of benzene rings is 1. The summed E-state index contributed by atoms with van der Waals surface area (Å²) >= 11 is 0. The molecule has 1 saturated heterocycles. The molecular formula is C17H22ClNO4. The van der Waals surface area contributed by atoms with E-state index in [1.54, 1.807) is 20.1 Å². The number of halogens is 1. The molecule has 1 aliphatic heterocycles. The monoisotopic (exact) mass is 339 g/mol. The van der Waals surface area contributed by atoms with Gasteiger partial charge < -0.3 is 13.9 Å². The van der Waals surface area contributed by atoms with Crippen molar-refractivity contribution in [2.45, 2.75) is 20.4 Å². The fraction of sp³-hybridized carbons (Fsp3) is 0.471. The third kappa shape index (κ3) is 3.37. The molecule has 0 amide bonds. The van der Waals surface area contributed by atoms with Crippen molar-refractivity contribution in [3.63, 3.8) is 0 Å². The lowest BCUT2D eigenvalue weighted by atomic mass is 10.1. The Balaban J connectivity index is 0.00000192. The summed E-state index contributed by atoms with van der Waals surface area (Å²) in [5, 5.41) is 0.618. The summed E-state index contributed by atoms with van der Waals surface area (Å²) in [4.78, 5) is 14.7. The minimum absolute atomic E-state index is 0. The Hall–Kier alpha value is -1.56. The molecule has 0 spiro atoms. The molecule has 6 heteroatoms. The van der Waals surface area contributed by atoms with Crippen LogP contribution in [0.3, 0.4) is 0 Å². The molecule has 1 fully saturated rings. The normalized spacial score (nSPS) is 15.4. The third-order valence-electron chi connectivity index (χ3n) is 4.29. The number of aryl methyl sites for hydroxylation is 1. The first-order chi connectivity index (χ1) is 10.6. The van der Waals surface area contributed by atoms with Crippen LogP contribution < -0.4 is 10.2 Å². The molecule has 2 heterocycles. The van der Waals surface area contributed by atoms with Crippen molar-refractivity contribution in [1.29, 1.82) is 0 Å². The Bertz CT molecular complexity index is 750. The minimum atomic E-state index is 0. The average molecular weight is 340 g/mol. The first kappa shape index (κ1) is 17.8. The second-order valence-corrected chi connectivity index (χ2v) is 5.62. The molecule has 2 aromatic rings. The van der Waals surface area contributed by atoms with Crippen molar-refractivity contribution in [3.8, 4) is 5.75 Å². The van der Waals surface area contributed by atoms with Crippen LogP contribution in [0.5, 0.6) is 5.75 Å². The number of hydrogen-bond acceptors (Lipinski definition) is 5. The zero-order chi connectivity index (χ0) is 15.7. The van der Waals surface area contributed by atoms with Gasteiger partial charge >= 0.3 is 0 Å². The predicted molar refractivity (Wildman–Crippen MR) is 91.9 cm³/mol. The number of nitrogens with zero attached hydrogens (tertiary/aromatic N) is 1. The van der Waals surface area contributed by atoms with Crippen LogP contribution in [0, 0.1) is 13.8 Å². The Morgan fingerprint density at radius 2 is 1.91 bits per heavy atom. The summed E-state index contributed by atoms with van der Waals surface area (Å²) in [6.07, 6.45) is 0. The van der Waals surface area contributed by atoms with E-state index in [0.717, 1.165) is 37.6 Å². The lowest BCUT2D eigenvalue weighted by Crippen LogP contribution is -2.35. The molecule has 0 atom stereocenters. The van der Waals surface area contributed by atoms with E-state index in [-0.39, 0.29) is 17.8 Å². The van der Waals surface area contributed by atoms with E-state index >= 15 is 0 Å². The second-order valence-electron chi connectivity index (χ2n) is 5.62. The van der Waals surface area contributed by atoms with Gasteiger partial charge in [0.25, 0.3) is 0 Å². The molecular weight excluding hydrogens is 318 g/mol. The smallest absolute Gasteiger partial charge is 0.195 e. The molecule has 0 unspecified atom stereocenters. The fourth-order valence-electron chi connectivity index (χ4n) is 2.82. The maximum atomic E-state index is 12.5. The summed E-state index contributed by atoms with van der Waals surface area (Å²) in [7, 11) is 1.64. The average Bonchev–Trinajstić information content (AvgIpc) is 2.54. The standard InChI is InChI=1S/C17H21NO4.ClH/c1-11-12(2)22-17-13(16(11)19)4-5-15(20-3)14(17)10-18-6-8-21-9-7-18;/h4-5H,6-10H2,1-3H3;1H.